The summed E-state index contributed by atoms with van der Waals surface area (Å²) >= 11 is 5.44. The first-order chi connectivity index (χ1) is 11.1. The summed E-state index contributed by atoms with van der Waals surface area (Å²) in [6.07, 6.45) is 6.69. The van der Waals surface area contributed by atoms with Gasteiger partial charge in [-0.05, 0) is 61.7 Å². The van der Waals surface area contributed by atoms with Gasteiger partial charge in [0.25, 0.3) is 0 Å². The zero-order valence-corrected chi connectivity index (χ0v) is 14.5. The molecule has 1 aromatic rings. The van der Waals surface area contributed by atoms with Gasteiger partial charge in [0.2, 0.25) is 5.91 Å². The fourth-order valence-electron chi connectivity index (χ4n) is 3.51. The largest absolute Gasteiger partial charge is 0.359 e. The summed E-state index contributed by atoms with van der Waals surface area (Å²) in [5.41, 5.74) is 1.93. The summed E-state index contributed by atoms with van der Waals surface area (Å²) < 4.78 is 0. The van der Waals surface area contributed by atoms with Gasteiger partial charge in [-0.25, -0.2) is 0 Å². The standard InChI is InChI=1S/C18H25N3OS/c1-13-5-2-3-6-16(13)20-18(23)19-14-8-10-15(11-9-14)21-12-4-7-17(21)22/h8-11,13,16H,2-7,12H2,1H3,(H2,19,20,23)/t13-,16-/m0/s1. The van der Waals surface area contributed by atoms with E-state index >= 15 is 0 Å². The van der Waals surface area contributed by atoms with E-state index in [0.29, 0.717) is 23.5 Å². The molecule has 0 unspecified atom stereocenters. The molecule has 0 aromatic heterocycles. The topological polar surface area (TPSA) is 44.4 Å². The van der Waals surface area contributed by atoms with Crippen molar-refractivity contribution in [2.24, 2.45) is 5.92 Å². The van der Waals surface area contributed by atoms with Crippen molar-refractivity contribution >= 4 is 34.6 Å². The van der Waals surface area contributed by atoms with Crippen LogP contribution in [-0.4, -0.2) is 23.6 Å². The lowest BCUT2D eigenvalue weighted by molar-refractivity contribution is -0.117. The molecular weight excluding hydrogens is 306 g/mol. The van der Waals surface area contributed by atoms with E-state index in [1.807, 2.05) is 29.2 Å². The van der Waals surface area contributed by atoms with Crippen molar-refractivity contribution in [1.29, 1.82) is 0 Å². The van der Waals surface area contributed by atoms with Gasteiger partial charge in [-0.1, -0.05) is 19.8 Å². The number of nitrogens with zero attached hydrogens (tertiary/aromatic N) is 1. The normalized spacial score (nSPS) is 24.6. The van der Waals surface area contributed by atoms with Gasteiger partial charge < -0.3 is 15.5 Å². The molecule has 124 valence electrons. The molecule has 1 aliphatic carbocycles. The van der Waals surface area contributed by atoms with E-state index in [9.17, 15) is 4.79 Å². The fraction of sp³-hybridized carbons (Fsp3) is 0.556. The van der Waals surface area contributed by atoms with Crippen LogP contribution in [-0.2, 0) is 4.79 Å². The number of rotatable bonds is 3. The van der Waals surface area contributed by atoms with Crippen LogP contribution >= 0.6 is 12.2 Å². The molecule has 1 saturated carbocycles. The van der Waals surface area contributed by atoms with Gasteiger partial charge in [0.1, 0.15) is 0 Å². The van der Waals surface area contributed by atoms with Crippen LogP contribution in [0.4, 0.5) is 11.4 Å². The Kier molecular flexibility index (Phi) is 5.16. The van der Waals surface area contributed by atoms with Crippen molar-refractivity contribution in [1.82, 2.24) is 5.32 Å². The molecule has 2 atom stereocenters. The monoisotopic (exact) mass is 331 g/mol. The SMILES string of the molecule is C[C@H]1CCCC[C@@H]1NC(=S)Nc1ccc(N2CCCC2=O)cc1. The fourth-order valence-corrected chi connectivity index (χ4v) is 3.78. The molecule has 0 radical (unpaired) electrons. The number of benzene rings is 1. The molecule has 1 aromatic carbocycles. The van der Waals surface area contributed by atoms with Crippen LogP contribution in [0.3, 0.4) is 0 Å². The Hall–Kier alpha value is -1.62. The van der Waals surface area contributed by atoms with E-state index in [0.717, 1.165) is 24.3 Å². The average molecular weight is 331 g/mol. The van der Waals surface area contributed by atoms with Crippen LogP contribution in [0.5, 0.6) is 0 Å². The third-order valence-electron chi connectivity index (χ3n) is 4.94. The number of hydrogen-bond acceptors (Lipinski definition) is 2. The van der Waals surface area contributed by atoms with E-state index in [4.69, 9.17) is 12.2 Å². The molecule has 1 heterocycles. The van der Waals surface area contributed by atoms with E-state index in [1.54, 1.807) is 0 Å². The lowest BCUT2D eigenvalue weighted by Crippen LogP contribution is -2.43. The first-order valence-corrected chi connectivity index (χ1v) is 9.02. The van der Waals surface area contributed by atoms with Crippen LogP contribution in [0, 0.1) is 5.92 Å². The van der Waals surface area contributed by atoms with Crippen molar-refractivity contribution in [3.05, 3.63) is 24.3 Å². The van der Waals surface area contributed by atoms with Crippen LogP contribution in [0.15, 0.2) is 24.3 Å². The van der Waals surface area contributed by atoms with E-state index < -0.39 is 0 Å². The number of anilines is 2. The Balaban J connectivity index is 1.55. The van der Waals surface area contributed by atoms with E-state index in [-0.39, 0.29) is 5.91 Å². The van der Waals surface area contributed by atoms with Crippen molar-refractivity contribution in [2.45, 2.75) is 51.5 Å². The molecule has 2 N–H and O–H groups in total. The number of amides is 1. The zero-order valence-electron chi connectivity index (χ0n) is 13.7. The van der Waals surface area contributed by atoms with Gasteiger partial charge in [0, 0.05) is 30.4 Å². The molecule has 1 amide bonds. The summed E-state index contributed by atoms with van der Waals surface area (Å²) in [5.74, 6) is 0.890. The lowest BCUT2D eigenvalue weighted by Gasteiger charge is -2.30. The van der Waals surface area contributed by atoms with Crippen LogP contribution in [0.2, 0.25) is 0 Å². The van der Waals surface area contributed by atoms with Crippen molar-refractivity contribution in [3.8, 4) is 0 Å². The van der Waals surface area contributed by atoms with Gasteiger partial charge in [-0.3, -0.25) is 4.79 Å². The van der Waals surface area contributed by atoms with Gasteiger partial charge >= 0.3 is 0 Å². The third-order valence-corrected chi connectivity index (χ3v) is 5.16. The molecule has 2 aliphatic rings. The van der Waals surface area contributed by atoms with E-state index in [2.05, 4.69) is 17.6 Å². The maximum atomic E-state index is 11.8. The summed E-state index contributed by atoms with van der Waals surface area (Å²) in [5, 5.41) is 7.39. The van der Waals surface area contributed by atoms with Crippen molar-refractivity contribution in [2.75, 3.05) is 16.8 Å². The molecule has 5 heteroatoms. The lowest BCUT2D eigenvalue weighted by atomic mass is 9.86. The highest BCUT2D eigenvalue weighted by atomic mass is 32.1. The van der Waals surface area contributed by atoms with E-state index in [1.165, 1.54) is 25.7 Å². The van der Waals surface area contributed by atoms with Gasteiger partial charge in [0.15, 0.2) is 5.11 Å². The summed E-state index contributed by atoms with van der Waals surface area (Å²) in [6, 6.07) is 8.41. The molecule has 2 fully saturated rings. The first kappa shape index (κ1) is 16.2. The van der Waals surface area contributed by atoms with Gasteiger partial charge in [-0.2, -0.15) is 0 Å². The molecular formula is C18H25N3OS. The smallest absolute Gasteiger partial charge is 0.227 e. The summed E-state index contributed by atoms with van der Waals surface area (Å²) in [6.45, 7) is 3.12. The Morgan fingerprint density at radius 3 is 2.57 bits per heavy atom. The minimum Gasteiger partial charge on any atom is -0.359 e. The summed E-state index contributed by atoms with van der Waals surface area (Å²) in [4.78, 5) is 13.6. The molecule has 3 rings (SSSR count). The second-order valence-corrected chi connectivity index (χ2v) is 7.07. The second-order valence-electron chi connectivity index (χ2n) is 6.66. The minimum absolute atomic E-state index is 0.217. The third kappa shape index (κ3) is 4.02. The predicted octanol–water partition coefficient (Wildman–Crippen LogP) is 3.68. The van der Waals surface area contributed by atoms with Crippen LogP contribution in [0.1, 0.15) is 45.4 Å². The quantitative estimate of drug-likeness (QED) is 0.829. The van der Waals surface area contributed by atoms with Gasteiger partial charge in [0.05, 0.1) is 0 Å². The van der Waals surface area contributed by atoms with Crippen molar-refractivity contribution < 1.29 is 4.79 Å². The predicted molar refractivity (Wildman–Crippen MR) is 98.8 cm³/mol. The zero-order chi connectivity index (χ0) is 16.2. The number of thiocarbonyl (C=S) groups is 1. The maximum absolute atomic E-state index is 11.8. The minimum atomic E-state index is 0.217. The molecule has 23 heavy (non-hydrogen) atoms. The number of carbonyl (C=O) groups is 1. The maximum Gasteiger partial charge on any atom is 0.227 e. The average Bonchev–Trinajstić information content (AvgIpc) is 2.96. The first-order valence-electron chi connectivity index (χ1n) is 8.61. The second kappa shape index (κ2) is 7.30. The molecule has 1 aliphatic heterocycles. The number of carbonyl (C=O) groups excluding carboxylic acids is 1. The molecule has 0 spiro atoms. The van der Waals surface area contributed by atoms with Gasteiger partial charge in [-0.15, -0.1) is 0 Å². The Morgan fingerprint density at radius 1 is 1.17 bits per heavy atom. The highest BCUT2D eigenvalue weighted by molar-refractivity contribution is 7.80. The highest BCUT2D eigenvalue weighted by Gasteiger charge is 2.22. The number of hydrogen-bond donors (Lipinski definition) is 2. The van der Waals surface area contributed by atoms with Crippen LogP contribution in [0.25, 0.3) is 0 Å². The van der Waals surface area contributed by atoms with Crippen molar-refractivity contribution in [3.63, 3.8) is 0 Å². The summed E-state index contributed by atoms with van der Waals surface area (Å²) in [7, 11) is 0. The highest BCUT2D eigenvalue weighted by Crippen LogP contribution is 2.25. The van der Waals surface area contributed by atoms with Crippen LogP contribution < -0.4 is 15.5 Å². The Labute approximate surface area is 143 Å². The number of nitrogens with one attached hydrogen (secondary N) is 2. The molecule has 0 bridgehead atoms. The molecule has 4 nitrogen and oxygen atoms in total. The Morgan fingerprint density at radius 2 is 1.91 bits per heavy atom. The molecule has 1 saturated heterocycles. The Bertz CT molecular complexity index is 572.